The van der Waals surface area contributed by atoms with E-state index < -0.39 is 0 Å². The van der Waals surface area contributed by atoms with Crippen LogP contribution < -0.4 is 5.32 Å². The van der Waals surface area contributed by atoms with E-state index >= 15 is 0 Å². The van der Waals surface area contributed by atoms with E-state index in [0.717, 1.165) is 29.4 Å². The number of nitrogens with zero attached hydrogens (tertiary/aromatic N) is 1. The summed E-state index contributed by atoms with van der Waals surface area (Å²) in [6.07, 6.45) is 4.88. The largest absolute Gasteiger partial charge is 0.352 e. The minimum atomic E-state index is 0.0234. The van der Waals surface area contributed by atoms with Crippen LogP contribution in [-0.2, 0) is 0 Å². The van der Waals surface area contributed by atoms with E-state index in [1.807, 2.05) is 24.3 Å². The van der Waals surface area contributed by atoms with Crippen molar-refractivity contribution >= 4 is 34.5 Å². The van der Waals surface area contributed by atoms with Crippen LogP contribution in [-0.4, -0.2) is 41.7 Å². The Morgan fingerprint density at radius 2 is 1.91 bits per heavy atom. The highest BCUT2D eigenvalue weighted by Crippen LogP contribution is 2.34. The minimum Gasteiger partial charge on any atom is -0.352 e. The SMILES string of the molecule is O=C(NCC1CC(S)CC1N1CCCC1)c1ccc(Br)cc1. The lowest BCUT2D eigenvalue weighted by atomic mass is 10.0. The van der Waals surface area contributed by atoms with Gasteiger partial charge in [-0.05, 0) is 69.0 Å². The van der Waals surface area contributed by atoms with Gasteiger partial charge in [0.15, 0.2) is 0 Å². The molecule has 1 saturated heterocycles. The molecule has 3 unspecified atom stereocenters. The number of likely N-dealkylation sites (tertiary alicyclic amines) is 1. The molecule has 3 rings (SSSR count). The second-order valence-corrected chi connectivity index (χ2v) is 8.06. The first kappa shape index (κ1) is 16.3. The first-order valence-corrected chi connectivity index (χ1v) is 9.40. The number of carbonyl (C=O) groups is 1. The first-order chi connectivity index (χ1) is 10.6. The molecule has 1 aliphatic carbocycles. The number of thiol groups is 1. The summed E-state index contributed by atoms with van der Waals surface area (Å²) < 4.78 is 0.992. The molecule has 22 heavy (non-hydrogen) atoms. The van der Waals surface area contributed by atoms with Gasteiger partial charge in [0.25, 0.3) is 5.91 Å². The quantitative estimate of drug-likeness (QED) is 0.782. The van der Waals surface area contributed by atoms with E-state index in [-0.39, 0.29) is 5.91 Å². The van der Waals surface area contributed by atoms with E-state index in [9.17, 15) is 4.79 Å². The number of hydrogen-bond acceptors (Lipinski definition) is 3. The molecule has 1 amide bonds. The normalized spacial score (nSPS) is 28.9. The van der Waals surface area contributed by atoms with Crippen molar-refractivity contribution in [3.63, 3.8) is 0 Å². The van der Waals surface area contributed by atoms with Crippen LogP contribution in [0.25, 0.3) is 0 Å². The number of rotatable bonds is 4. The molecule has 2 fully saturated rings. The van der Waals surface area contributed by atoms with E-state index in [0.29, 0.717) is 17.2 Å². The second-order valence-electron chi connectivity index (χ2n) is 6.41. The van der Waals surface area contributed by atoms with Crippen molar-refractivity contribution < 1.29 is 4.79 Å². The molecular formula is C17H23BrN2OS. The standard InChI is InChI=1S/C17H23BrN2OS/c18-14-5-3-12(4-6-14)17(21)19-11-13-9-15(22)10-16(13)20-7-1-2-8-20/h3-6,13,15-16,22H,1-2,7-11H2,(H,19,21). The number of benzene rings is 1. The third kappa shape index (κ3) is 3.87. The van der Waals surface area contributed by atoms with Crippen molar-refractivity contribution in [3.05, 3.63) is 34.3 Å². The fourth-order valence-corrected chi connectivity index (χ4v) is 4.49. The Labute approximate surface area is 146 Å². The molecule has 120 valence electrons. The number of halogens is 1. The zero-order chi connectivity index (χ0) is 15.5. The molecule has 1 aromatic carbocycles. The van der Waals surface area contributed by atoms with Gasteiger partial charge in [-0.2, -0.15) is 12.6 Å². The molecule has 0 radical (unpaired) electrons. The first-order valence-electron chi connectivity index (χ1n) is 8.09. The van der Waals surface area contributed by atoms with Gasteiger partial charge in [-0.25, -0.2) is 0 Å². The van der Waals surface area contributed by atoms with Crippen molar-refractivity contribution in [2.45, 2.75) is 37.0 Å². The Morgan fingerprint density at radius 3 is 2.59 bits per heavy atom. The molecule has 5 heteroatoms. The van der Waals surface area contributed by atoms with Gasteiger partial charge >= 0.3 is 0 Å². The lowest BCUT2D eigenvalue weighted by Gasteiger charge is -2.29. The Balaban J connectivity index is 1.57. The van der Waals surface area contributed by atoms with Crippen LogP contribution in [0.5, 0.6) is 0 Å². The van der Waals surface area contributed by atoms with Gasteiger partial charge in [-0.15, -0.1) is 0 Å². The van der Waals surface area contributed by atoms with Gasteiger partial charge in [0.05, 0.1) is 0 Å². The summed E-state index contributed by atoms with van der Waals surface area (Å²) in [4.78, 5) is 14.9. The van der Waals surface area contributed by atoms with Crippen LogP contribution in [0.3, 0.4) is 0 Å². The summed E-state index contributed by atoms with van der Waals surface area (Å²) in [5.74, 6) is 0.551. The average molecular weight is 383 g/mol. The number of amides is 1. The van der Waals surface area contributed by atoms with Crippen LogP contribution in [0, 0.1) is 5.92 Å². The van der Waals surface area contributed by atoms with E-state index in [2.05, 4.69) is 38.8 Å². The van der Waals surface area contributed by atoms with E-state index in [4.69, 9.17) is 0 Å². The molecule has 1 N–H and O–H groups in total. The van der Waals surface area contributed by atoms with Gasteiger partial charge in [-0.3, -0.25) is 4.79 Å². The molecule has 1 aliphatic heterocycles. The summed E-state index contributed by atoms with van der Waals surface area (Å²) in [7, 11) is 0. The van der Waals surface area contributed by atoms with Crippen LogP contribution in [0.4, 0.5) is 0 Å². The molecule has 0 aromatic heterocycles. The Bertz CT molecular complexity index is 516. The predicted octanol–water partition coefficient (Wildman–Crippen LogP) is 3.35. The monoisotopic (exact) mass is 382 g/mol. The second kappa shape index (κ2) is 7.37. The summed E-state index contributed by atoms with van der Waals surface area (Å²) >= 11 is 8.08. The Hall–Kier alpha value is -0.520. The van der Waals surface area contributed by atoms with Crippen LogP contribution in [0.2, 0.25) is 0 Å². The van der Waals surface area contributed by atoms with Gasteiger partial charge in [-0.1, -0.05) is 15.9 Å². The highest BCUT2D eigenvalue weighted by atomic mass is 79.9. The smallest absolute Gasteiger partial charge is 0.251 e. The average Bonchev–Trinajstić information content (AvgIpc) is 3.14. The number of hydrogen-bond donors (Lipinski definition) is 2. The fourth-order valence-electron chi connectivity index (χ4n) is 3.74. The Kier molecular flexibility index (Phi) is 5.47. The lowest BCUT2D eigenvalue weighted by molar-refractivity contribution is 0.0937. The van der Waals surface area contributed by atoms with Gasteiger partial charge in [0.1, 0.15) is 0 Å². The van der Waals surface area contributed by atoms with Gasteiger partial charge < -0.3 is 10.2 Å². The number of nitrogens with one attached hydrogen (secondary N) is 1. The summed E-state index contributed by atoms with van der Waals surface area (Å²) in [6.45, 7) is 3.18. The maximum absolute atomic E-state index is 12.3. The predicted molar refractivity (Wildman–Crippen MR) is 96.6 cm³/mol. The zero-order valence-corrected chi connectivity index (χ0v) is 15.2. The van der Waals surface area contributed by atoms with Crippen LogP contribution in [0.1, 0.15) is 36.0 Å². The van der Waals surface area contributed by atoms with Crippen molar-refractivity contribution in [1.29, 1.82) is 0 Å². The molecular weight excluding hydrogens is 360 g/mol. The minimum absolute atomic E-state index is 0.0234. The summed E-state index contributed by atoms with van der Waals surface area (Å²) in [6, 6.07) is 8.11. The third-order valence-electron chi connectivity index (χ3n) is 4.87. The fraction of sp³-hybridized carbons (Fsp3) is 0.588. The van der Waals surface area contributed by atoms with Gasteiger partial charge in [0, 0.05) is 27.9 Å². The molecule has 1 heterocycles. The highest BCUT2D eigenvalue weighted by molar-refractivity contribution is 9.10. The zero-order valence-electron chi connectivity index (χ0n) is 12.7. The highest BCUT2D eigenvalue weighted by Gasteiger charge is 2.37. The van der Waals surface area contributed by atoms with Crippen molar-refractivity contribution in [2.75, 3.05) is 19.6 Å². The summed E-state index contributed by atoms with van der Waals surface area (Å²) in [5, 5.41) is 3.59. The Morgan fingerprint density at radius 1 is 1.23 bits per heavy atom. The van der Waals surface area contributed by atoms with Gasteiger partial charge in [0.2, 0.25) is 0 Å². The molecule has 3 atom stereocenters. The number of carbonyl (C=O) groups excluding carboxylic acids is 1. The van der Waals surface area contributed by atoms with Crippen molar-refractivity contribution in [3.8, 4) is 0 Å². The lowest BCUT2D eigenvalue weighted by Crippen LogP contribution is -2.41. The van der Waals surface area contributed by atoms with E-state index in [1.165, 1.54) is 25.9 Å². The third-order valence-corrected chi connectivity index (χ3v) is 5.82. The topological polar surface area (TPSA) is 32.3 Å². The van der Waals surface area contributed by atoms with Crippen LogP contribution in [0.15, 0.2) is 28.7 Å². The van der Waals surface area contributed by atoms with Crippen molar-refractivity contribution in [2.24, 2.45) is 5.92 Å². The maximum Gasteiger partial charge on any atom is 0.251 e. The van der Waals surface area contributed by atoms with Crippen LogP contribution >= 0.6 is 28.6 Å². The van der Waals surface area contributed by atoms with E-state index in [1.54, 1.807) is 0 Å². The van der Waals surface area contributed by atoms with Crippen molar-refractivity contribution in [1.82, 2.24) is 10.2 Å². The molecule has 2 aliphatic rings. The summed E-state index contributed by atoms with van der Waals surface area (Å²) in [5.41, 5.74) is 0.723. The molecule has 3 nitrogen and oxygen atoms in total. The molecule has 1 saturated carbocycles. The maximum atomic E-state index is 12.3. The molecule has 0 spiro atoms. The molecule has 0 bridgehead atoms. The molecule has 1 aromatic rings.